The lowest BCUT2D eigenvalue weighted by atomic mass is 10.1. The Hall–Kier alpha value is -4.60. The van der Waals surface area contributed by atoms with Crippen molar-refractivity contribution >= 4 is 38.6 Å². The van der Waals surface area contributed by atoms with Gasteiger partial charge in [-0.15, -0.1) is 0 Å². The van der Waals surface area contributed by atoms with Crippen LogP contribution < -0.4 is 16.6 Å². The average Bonchev–Trinajstić information content (AvgIpc) is 2.74. The number of nitrogen functional groups attached to an aromatic ring is 1. The third-order valence-corrected chi connectivity index (χ3v) is 5.90. The summed E-state index contributed by atoms with van der Waals surface area (Å²) in [4.78, 5) is 29.6. The van der Waals surface area contributed by atoms with Crippen molar-refractivity contribution in [3.8, 4) is 5.75 Å². The van der Waals surface area contributed by atoms with Crippen LogP contribution in [0.5, 0.6) is 5.75 Å². The Bertz CT molecular complexity index is 1240. The Balaban J connectivity index is 0.000000331. The molecule has 15 heteroatoms. The molecule has 0 bridgehead atoms. The number of quaternary nitrogens is 1. The molecule has 0 saturated heterocycles. The summed E-state index contributed by atoms with van der Waals surface area (Å²) in [6.07, 6.45) is 0. The molecule has 0 spiro atoms. The summed E-state index contributed by atoms with van der Waals surface area (Å²) in [6, 6.07) is 13.5. The van der Waals surface area contributed by atoms with E-state index in [0.717, 1.165) is 5.69 Å². The lowest BCUT2D eigenvalue weighted by Gasteiger charge is -2.09. The van der Waals surface area contributed by atoms with Gasteiger partial charge in [-0.25, -0.2) is 13.2 Å². The molecule has 0 unspecified atom stereocenters. The van der Waals surface area contributed by atoms with Gasteiger partial charge in [0, 0.05) is 23.9 Å². The van der Waals surface area contributed by atoms with Crippen LogP contribution in [0.2, 0.25) is 0 Å². The molecule has 0 atom stereocenters. The largest absolute Gasteiger partial charge is 0.867 e. The first-order valence-corrected chi connectivity index (χ1v) is 10.2. The Labute approximate surface area is 191 Å². The summed E-state index contributed by atoms with van der Waals surface area (Å²) in [6.45, 7) is 0. The standard InChI is InChI=1S/C12H12N2O2S.C7H4N2O7.H2O/c13-9-1-5-11(6-2-9)17(15,16)12-7-3-10(14)4-8-12;10-6-4(7(11)12)1-3(8(13)14)2-5(6)9(15)16;/h1-8H,13-14H2;1-2,10H,(H,11,12);1H2. The van der Waals surface area contributed by atoms with Gasteiger partial charge >= 0.3 is 5.97 Å². The zero-order valence-corrected chi connectivity index (χ0v) is 17.9. The molecule has 0 aromatic heterocycles. The van der Waals surface area contributed by atoms with Gasteiger partial charge in [-0.1, -0.05) is 0 Å². The monoisotopic (exact) mass is 494 g/mol. The van der Waals surface area contributed by atoms with Gasteiger partial charge in [0.05, 0.1) is 31.3 Å². The molecule has 3 aromatic rings. The van der Waals surface area contributed by atoms with Crippen molar-refractivity contribution in [3.05, 3.63) is 86.5 Å². The van der Waals surface area contributed by atoms with E-state index in [0.29, 0.717) is 17.8 Å². The molecule has 0 aliphatic rings. The number of benzene rings is 3. The summed E-state index contributed by atoms with van der Waals surface area (Å²) in [7, 11) is -3.46. The van der Waals surface area contributed by atoms with Crippen molar-refractivity contribution in [2.24, 2.45) is 0 Å². The summed E-state index contributed by atoms with van der Waals surface area (Å²) in [5.41, 5.74) is 7.61. The quantitative estimate of drug-likeness (QED) is 0.250. The number of nitro benzene ring substituents is 2. The highest BCUT2D eigenvalue weighted by atomic mass is 32.2. The summed E-state index contributed by atoms with van der Waals surface area (Å²) < 4.78 is 24.4. The van der Waals surface area contributed by atoms with Crippen molar-refractivity contribution in [3.63, 3.8) is 0 Å². The van der Waals surface area contributed by atoms with E-state index in [2.05, 4.69) is 5.73 Å². The van der Waals surface area contributed by atoms with Crippen molar-refractivity contribution in [2.45, 2.75) is 9.79 Å². The second kappa shape index (κ2) is 10.8. The minimum Gasteiger partial charge on any atom is -0.867 e. The van der Waals surface area contributed by atoms with Gasteiger partial charge in [-0.2, -0.15) is 0 Å². The highest BCUT2D eigenvalue weighted by molar-refractivity contribution is 7.91. The Morgan fingerprint density at radius 3 is 1.79 bits per heavy atom. The molecule has 0 fully saturated rings. The third kappa shape index (κ3) is 6.22. The Kier molecular flexibility index (Phi) is 8.73. The molecule has 0 aliphatic heterocycles. The van der Waals surface area contributed by atoms with Crippen molar-refractivity contribution in [2.75, 3.05) is 5.73 Å². The van der Waals surface area contributed by atoms with Crippen molar-refractivity contribution in [1.82, 2.24) is 0 Å². The molecule has 3 rings (SSSR count). The maximum Gasteiger partial charge on any atom is 0.335 e. The molecule has 0 aliphatic carbocycles. The first-order chi connectivity index (χ1) is 15.3. The fraction of sp³-hybridized carbons (Fsp3) is 0. The average molecular weight is 494 g/mol. The van der Waals surface area contributed by atoms with E-state index in [4.69, 9.17) is 10.8 Å². The lowest BCUT2D eigenvalue weighted by molar-refractivity contribution is -0.403. The van der Waals surface area contributed by atoms with E-state index in [-0.39, 0.29) is 15.3 Å². The van der Waals surface area contributed by atoms with E-state index in [1.807, 2.05) is 0 Å². The topological polar surface area (TPSA) is 266 Å². The number of aromatic carboxylic acids is 1. The SMILES string of the molecule is Nc1ccc(S(=O)(=O)c2ccc([NH3+])cc2)cc1.O.O=C(O)c1cc([N+](=O)[O-])cc([N+](=O)[O-])c1[O-]. The number of carbonyl (C=O) groups is 1. The summed E-state index contributed by atoms with van der Waals surface area (Å²) in [5, 5.41) is 40.4. The third-order valence-electron chi connectivity index (χ3n) is 4.12. The Morgan fingerprint density at radius 1 is 0.912 bits per heavy atom. The number of nitrogens with two attached hydrogens (primary N) is 1. The number of hydrogen-bond acceptors (Lipinski definition) is 9. The predicted molar refractivity (Wildman–Crippen MR) is 115 cm³/mol. The number of rotatable bonds is 5. The van der Waals surface area contributed by atoms with E-state index < -0.39 is 48.3 Å². The smallest absolute Gasteiger partial charge is 0.335 e. The van der Waals surface area contributed by atoms with Gasteiger partial charge in [0.1, 0.15) is 5.69 Å². The first kappa shape index (κ1) is 27.4. The van der Waals surface area contributed by atoms with Crippen LogP contribution in [-0.2, 0) is 9.84 Å². The number of anilines is 1. The van der Waals surface area contributed by atoms with Crippen LogP contribution in [0.15, 0.2) is 70.5 Å². The highest BCUT2D eigenvalue weighted by Gasteiger charge is 2.21. The van der Waals surface area contributed by atoms with Crippen molar-refractivity contribution in [1.29, 1.82) is 0 Å². The lowest BCUT2D eigenvalue weighted by Crippen LogP contribution is -2.39. The molecular formula is C19H18N4O10S. The summed E-state index contributed by atoms with van der Waals surface area (Å²) in [5.74, 6) is -3.11. The summed E-state index contributed by atoms with van der Waals surface area (Å²) >= 11 is 0. The number of hydrogen-bond donors (Lipinski definition) is 3. The molecule has 3 aromatic carbocycles. The number of sulfone groups is 1. The van der Waals surface area contributed by atoms with Gasteiger partial charge in [0.25, 0.3) is 11.4 Å². The molecule has 0 saturated carbocycles. The maximum atomic E-state index is 12.2. The minimum absolute atomic E-state index is 0. The van der Waals surface area contributed by atoms with Crippen LogP contribution in [0.3, 0.4) is 0 Å². The van der Waals surface area contributed by atoms with Crippen LogP contribution >= 0.6 is 0 Å². The second-order valence-corrected chi connectivity index (χ2v) is 8.33. The number of nitrogens with zero attached hydrogens (tertiary/aromatic N) is 2. The number of carboxylic acids is 1. The van der Waals surface area contributed by atoms with Crippen LogP contribution in [0.4, 0.5) is 22.7 Å². The van der Waals surface area contributed by atoms with Gasteiger partial charge in [-0.05, 0) is 42.1 Å². The predicted octanol–water partition coefficient (Wildman–Crippen LogP) is 0.425. The molecule has 8 N–H and O–H groups in total. The molecule has 0 radical (unpaired) electrons. The molecule has 0 heterocycles. The van der Waals surface area contributed by atoms with Crippen LogP contribution in [-0.4, -0.2) is 34.8 Å². The molecule has 180 valence electrons. The van der Waals surface area contributed by atoms with Gasteiger partial charge in [0.2, 0.25) is 9.84 Å². The normalized spacial score (nSPS) is 10.3. The molecule has 34 heavy (non-hydrogen) atoms. The van der Waals surface area contributed by atoms with E-state index >= 15 is 0 Å². The minimum atomic E-state index is -3.46. The Morgan fingerprint density at radius 2 is 1.38 bits per heavy atom. The highest BCUT2D eigenvalue weighted by Crippen LogP contribution is 2.32. The van der Waals surface area contributed by atoms with Gasteiger partial charge < -0.3 is 27.2 Å². The molecule has 14 nitrogen and oxygen atoms in total. The van der Waals surface area contributed by atoms with E-state index in [9.17, 15) is 38.5 Å². The fourth-order valence-electron chi connectivity index (χ4n) is 2.45. The van der Waals surface area contributed by atoms with Gasteiger partial charge in [0.15, 0.2) is 0 Å². The van der Waals surface area contributed by atoms with Gasteiger partial charge in [-0.3, -0.25) is 20.2 Å². The number of nitro groups is 2. The first-order valence-electron chi connectivity index (χ1n) is 8.74. The second-order valence-electron chi connectivity index (χ2n) is 6.38. The zero-order chi connectivity index (χ0) is 24.9. The number of carboxylic acid groups (broad SMARTS) is 1. The van der Waals surface area contributed by atoms with Crippen LogP contribution in [0.1, 0.15) is 10.4 Å². The maximum absolute atomic E-state index is 12.2. The molecule has 0 amide bonds. The van der Waals surface area contributed by atoms with Crippen molar-refractivity contribution < 1.29 is 44.5 Å². The fourth-order valence-corrected chi connectivity index (χ4v) is 3.71. The van der Waals surface area contributed by atoms with Crippen LogP contribution in [0, 0.1) is 20.2 Å². The van der Waals surface area contributed by atoms with E-state index in [1.54, 1.807) is 36.4 Å². The zero-order valence-electron chi connectivity index (χ0n) is 17.1. The molecular weight excluding hydrogens is 476 g/mol. The number of non-ortho nitro benzene ring substituents is 1. The van der Waals surface area contributed by atoms with E-state index in [1.165, 1.54) is 12.1 Å². The van der Waals surface area contributed by atoms with Crippen LogP contribution in [0.25, 0.3) is 0 Å².